The van der Waals surface area contributed by atoms with Crippen molar-refractivity contribution in [3.63, 3.8) is 0 Å². The molecule has 0 spiro atoms. The quantitative estimate of drug-likeness (QED) is 0.282. The molecule has 1 aliphatic rings. The summed E-state index contributed by atoms with van der Waals surface area (Å²) in [5.74, 6) is 0. The molecule has 0 bridgehead atoms. The van der Waals surface area contributed by atoms with E-state index in [1.807, 2.05) is 0 Å². The highest BCUT2D eigenvalue weighted by molar-refractivity contribution is 9.09. The van der Waals surface area contributed by atoms with Gasteiger partial charge in [0.1, 0.15) is 0 Å². The molecule has 0 unspecified atom stereocenters. The summed E-state index contributed by atoms with van der Waals surface area (Å²) >= 11 is 3.00. The molecule has 1 fully saturated rings. The first-order valence-electron chi connectivity index (χ1n) is 9.76. The zero-order chi connectivity index (χ0) is 26.6. The highest BCUT2D eigenvalue weighted by Crippen LogP contribution is 2.50. The molecule has 0 aromatic heterocycles. The summed E-state index contributed by atoms with van der Waals surface area (Å²) in [7, 11) is 0. The fraction of sp³-hybridized carbons (Fsp3) is 0.429. The first kappa shape index (κ1) is 27.6. The monoisotopic (exact) mass is 587 g/mol. The van der Waals surface area contributed by atoms with Crippen molar-refractivity contribution in [2.24, 2.45) is 0 Å². The van der Waals surface area contributed by atoms with Gasteiger partial charge in [-0.15, -0.1) is 0 Å². The first-order valence-corrected chi connectivity index (χ1v) is 10.6. The zero-order valence-corrected chi connectivity index (χ0v) is 18.7. The molecule has 14 heteroatoms. The van der Waals surface area contributed by atoms with Gasteiger partial charge in [0.25, 0.3) is 0 Å². The SMILES string of the molecule is FC(F)(F)c1cc(C(F)(F)F)cc(C(Br)(c2cc(C(F)(F)F)cc(C(F)(F)F)c2)[C@@H]2CCCN2)c1. The molecule has 0 saturated carbocycles. The Balaban J connectivity index is 2.41. The minimum atomic E-state index is -5.28. The zero-order valence-electron chi connectivity index (χ0n) is 17.1. The highest BCUT2D eigenvalue weighted by Gasteiger charge is 2.47. The van der Waals surface area contributed by atoms with E-state index in [0.717, 1.165) is 0 Å². The van der Waals surface area contributed by atoms with E-state index in [1.165, 1.54) is 0 Å². The number of halogens is 13. The standard InChI is InChI=1S/C21H14BrF12N/c22-17(16-2-1-3-35-16,10-4-12(18(23,24)25)8-13(5-10)19(26,27)28)11-6-14(20(29,30)31)9-15(7-11)21(32,33)34/h4-9,16,35H,1-3H2/t16-/m0/s1. The highest BCUT2D eigenvalue weighted by atomic mass is 79.9. The molecule has 1 saturated heterocycles. The van der Waals surface area contributed by atoms with Crippen molar-refractivity contribution in [1.29, 1.82) is 0 Å². The Morgan fingerprint density at radius 1 is 0.543 bits per heavy atom. The molecule has 0 amide bonds. The second kappa shape index (κ2) is 8.86. The number of alkyl halides is 13. The van der Waals surface area contributed by atoms with Crippen LogP contribution in [0.5, 0.6) is 0 Å². The molecule has 1 N–H and O–H groups in total. The number of hydrogen-bond acceptors (Lipinski definition) is 1. The number of nitrogens with one attached hydrogen (secondary N) is 1. The number of hydrogen-bond donors (Lipinski definition) is 1. The van der Waals surface area contributed by atoms with E-state index in [-0.39, 0.29) is 49.4 Å². The van der Waals surface area contributed by atoms with Crippen LogP contribution in [0.15, 0.2) is 36.4 Å². The maximum Gasteiger partial charge on any atom is 0.416 e. The third kappa shape index (κ3) is 5.73. The molecule has 0 aliphatic carbocycles. The normalized spacial score (nSPS) is 18.3. The average molecular weight is 588 g/mol. The average Bonchev–Trinajstić information content (AvgIpc) is 3.25. The van der Waals surface area contributed by atoms with Crippen molar-refractivity contribution in [3.05, 3.63) is 69.8 Å². The van der Waals surface area contributed by atoms with Gasteiger partial charge >= 0.3 is 24.7 Å². The third-order valence-electron chi connectivity index (χ3n) is 5.56. The second-order valence-electron chi connectivity index (χ2n) is 7.95. The van der Waals surface area contributed by atoms with Gasteiger partial charge in [-0.3, -0.25) is 0 Å². The van der Waals surface area contributed by atoms with E-state index >= 15 is 0 Å². The lowest BCUT2D eigenvalue weighted by atomic mass is 9.81. The minimum Gasteiger partial charge on any atom is -0.312 e. The van der Waals surface area contributed by atoms with Gasteiger partial charge in [-0.1, -0.05) is 15.9 Å². The first-order chi connectivity index (χ1) is 15.7. The van der Waals surface area contributed by atoms with Crippen LogP contribution in [0.3, 0.4) is 0 Å². The van der Waals surface area contributed by atoms with Gasteiger partial charge in [0.05, 0.1) is 26.6 Å². The summed E-state index contributed by atoms with van der Waals surface area (Å²) in [5, 5.41) is 2.76. The van der Waals surface area contributed by atoms with Crippen molar-refractivity contribution in [2.45, 2.75) is 47.9 Å². The van der Waals surface area contributed by atoms with Gasteiger partial charge in [0, 0.05) is 6.04 Å². The summed E-state index contributed by atoms with van der Waals surface area (Å²) in [6.45, 7) is 0.189. The maximum atomic E-state index is 13.4. The smallest absolute Gasteiger partial charge is 0.312 e. The number of rotatable bonds is 3. The van der Waals surface area contributed by atoms with Gasteiger partial charge in [-0.2, -0.15) is 52.7 Å². The van der Waals surface area contributed by atoms with E-state index in [0.29, 0.717) is 6.42 Å². The topological polar surface area (TPSA) is 12.0 Å². The Morgan fingerprint density at radius 2 is 0.829 bits per heavy atom. The predicted octanol–water partition coefficient (Wildman–Crippen LogP) is 8.15. The maximum absolute atomic E-state index is 13.4. The van der Waals surface area contributed by atoms with Crippen LogP contribution in [0.1, 0.15) is 46.2 Å². The molecular formula is C21H14BrF12N. The van der Waals surface area contributed by atoms with Crippen LogP contribution < -0.4 is 5.32 Å². The molecule has 1 nitrogen and oxygen atoms in total. The van der Waals surface area contributed by atoms with Gasteiger partial charge in [-0.05, 0) is 66.9 Å². The summed E-state index contributed by atoms with van der Waals surface area (Å²) in [5.41, 5.74) is -8.63. The van der Waals surface area contributed by atoms with Crippen LogP contribution in [0.4, 0.5) is 52.7 Å². The van der Waals surface area contributed by atoms with Gasteiger partial charge in [0.2, 0.25) is 0 Å². The minimum absolute atomic E-state index is 0.0421. The summed E-state index contributed by atoms with van der Waals surface area (Å²) < 4.78 is 159. The van der Waals surface area contributed by atoms with E-state index in [9.17, 15) is 52.7 Å². The Kier molecular flexibility index (Phi) is 6.99. The molecule has 3 rings (SSSR count). The summed E-state index contributed by atoms with van der Waals surface area (Å²) in [6, 6.07) is -0.320. The van der Waals surface area contributed by atoms with E-state index in [1.54, 1.807) is 0 Å². The molecule has 35 heavy (non-hydrogen) atoms. The van der Waals surface area contributed by atoms with Crippen LogP contribution in [0.2, 0.25) is 0 Å². The summed E-state index contributed by atoms with van der Waals surface area (Å²) in [6.07, 6.45) is -20.7. The Labute approximate surface area is 198 Å². The van der Waals surface area contributed by atoms with E-state index in [4.69, 9.17) is 0 Å². The lowest BCUT2D eigenvalue weighted by molar-refractivity contribution is -0.144. The van der Waals surface area contributed by atoms with E-state index in [2.05, 4.69) is 21.2 Å². The molecule has 2 aromatic rings. The van der Waals surface area contributed by atoms with Gasteiger partial charge in [0.15, 0.2) is 0 Å². The van der Waals surface area contributed by atoms with Crippen LogP contribution >= 0.6 is 15.9 Å². The fourth-order valence-corrected chi connectivity index (χ4v) is 4.77. The molecule has 0 radical (unpaired) electrons. The Hall–Kier alpha value is -1.96. The van der Waals surface area contributed by atoms with E-state index < -0.39 is 68.5 Å². The van der Waals surface area contributed by atoms with Crippen molar-refractivity contribution in [3.8, 4) is 0 Å². The van der Waals surface area contributed by atoms with Crippen LogP contribution in [-0.2, 0) is 29.0 Å². The molecule has 1 atom stereocenters. The lowest BCUT2D eigenvalue weighted by Gasteiger charge is -2.36. The Morgan fingerprint density at radius 3 is 1.06 bits per heavy atom. The van der Waals surface area contributed by atoms with Crippen molar-refractivity contribution in [2.75, 3.05) is 6.54 Å². The molecule has 1 heterocycles. The van der Waals surface area contributed by atoms with Gasteiger partial charge in [-0.25, -0.2) is 0 Å². The van der Waals surface area contributed by atoms with Crippen molar-refractivity contribution >= 4 is 15.9 Å². The molecule has 2 aromatic carbocycles. The van der Waals surface area contributed by atoms with Crippen molar-refractivity contribution < 1.29 is 52.7 Å². The predicted molar refractivity (Wildman–Crippen MR) is 104 cm³/mol. The number of benzene rings is 2. The van der Waals surface area contributed by atoms with Crippen LogP contribution in [0.25, 0.3) is 0 Å². The van der Waals surface area contributed by atoms with Crippen LogP contribution in [0, 0.1) is 0 Å². The second-order valence-corrected chi connectivity index (χ2v) is 9.20. The fourth-order valence-electron chi connectivity index (χ4n) is 3.92. The Bertz CT molecular complexity index is 936. The van der Waals surface area contributed by atoms with Crippen LogP contribution in [-0.4, -0.2) is 12.6 Å². The molecular weight excluding hydrogens is 574 g/mol. The van der Waals surface area contributed by atoms with Gasteiger partial charge < -0.3 is 5.32 Å². The molecule has 194 valence electrons. The third-order valence-corrected chi connectivity index (χ3v) is 7.02. The van der Waals surface area contributed by atoms with Crippen molar-refractivity contribution in [1.82, 2.24) is 5.32 Å². The summed E-state index contributed by atoms with van der Waals surface area (Å²) in [4.78, 5) is 0. The molecule has 1 aliphatic heterocycles. The lowest BCUT2D eigenvalue weighted by Crippen LogP contribution is -2.42. The largest absolute Gasteiger partial charge is 0.416 e.